The summed E-state index contributed by atoms with van der Waals surface area (Å²) in [6.45, 7) is 6.34. The number of fused-ring (bicyclic) bond motifs is 2. The Morgan fingerprint density at radius 1 is 1.24 bits per heavy atom. The fraction of sp³-hybridized carbons (Fsp3) is 0.478. The van der Waals surface area contributed by atoms with E-state index >= 15 is 0 Å². The Bertz CT molecular complexity index is 1180. The van der Waals surface area contributed by atoms with Crippen molar-refractivity contribution in [2.24, 2.45) is 5.73 Å². The predicted octanol–water partition coefficient (Wildman–Crippen LogP) is 3.44. The molecule has 0 radical (unpaired) electrons. The standard InChI is InChI=1S/C21H24N6O4S.C2H6/c1-11-6-14-15(30-10-29-14)7-16(11)32-21-26-17-18(23)24-9-25-19(17)27(21)8-13(22)20(28)31-12-4-2-3-5-12;1-2/h6-7,9,12-13H,2-5,8,10,22H2,1H3,(H2,23,24,25);1-2H3. The normalized spacial score (nSPS) is 15.8. The highest BCUT2D eigenvalue weighted by Crippen LogP contribution is 2.41. The second kappa shape index (κ2) is 10.5. The van der Waals surface area contributed by atoms with E-state index in [2.05, 4.69) is 15.0 Å². The fourth-order valence-electron chi connectivity index (χ4n) is 3.94. The van der Waals surface area contributed by atoms with E-state index in [1.165, 1.54) is 18.1 Å². The third-order valence-electron chi connectivity index (χ3n) is 5.66. The number of hydrogen-bond acceptors (Lipinski definition) is 10. The van der Waals surface area contributed by atoms with Crippen LogP contribution in [-0.2, 0) is 16.1 Å². The Hall–Kier alpha value is -3.05. The van der Waals surface area contributed by atoms with Gasteiger partial charge in [0.15, 0.2) is 33.6 Å². The van der Waals surface area contributed by atoms with Crippen LogP contribution in [0.15, 0.2) is 28.5 Å². The number of aromatic nitrogens is 4. The first-order chi connectivity index (χ1) is 16.5. The van der Waals surface area contributed by atoms with E-state index in [-0.39, 0.29) is 25.3 Å². The van der Waals surface area contributed by atoms with Gasteiger partial charge >= 0.3 is 5.97 Å². The molecule has 1 aliphatic carbocycles. The first-order valence-electron chi connectivity index (χ1n) is 11.5. The molecule has 1 aromatic carbocycles. The first kappa shape index (κ1) is 24.1. The van der Waals surface area contributed by atoms with Crippen LogP contribution < -0.4 is 20.9 Å². The molecule has 3 aromatic rings. The molecule has 0 bridgehead atoms. The van der Waals surface area contributed by atoms with Gasteiger partial charge in [-0.25, -0.2) is 15.0 Å². The van der Waals surface area contributed by atoms with Crippen molar-refractivity contribution in [1.29, 1.82) is 0 Å². The lowest BCUT2D eigenvalue weighted by Gasteiger charge is -2.17. The van der Waals surface area contributed by atoms with Crippen molar-refractivity contribution in [3.8, 4) is 11.5 Å². The van der Waals surface area contributed by atoms with Crippen LogP contribution in [0.5, 0.6) is 11.5 Å². The molecule has 1 saturated carbocycles. The number of anilines is 1. The summed E-state index contributed by atoms with van der Waals surface area (Å²) >= 11 is 1.41. The van der Waals surface area contributed by atoms with Gasteiger partial charge in [0, 0.05) is 4.90 Å². The van der Waals surface area contributed by atoms with Gasteiger partial charge in [-0.15, -0.1) is 0 Å². The molecule has 34 heavy (non-hydrogen) atoms. The number of imidazole rings is 1. The molecule has 1 unspecified atom stereocenters. The molecule has 182 valence electrons. The lowest BCUT2D eigenvalue weighted by Crippen LogP contribution is -2.38. The summed E-state index contributed by atoms with van der Waals surface area (Å²) in [4.78, 5) is 26.6. The highest BCUT2D eigenvalue weighted by atomic mass is 32.2. The highest BCUT2D eigenvalue weighted by Gasteiger charge is 2.26. The van der Waals surface area contributed by atoms with E-state index in [9.17, 15) is 4.79 Å². The second-order valence-corrected chi connectivity index (χ2v) is 8.97. The zero-order chi connectivity index (χ0) is 24.2. The van der Waals surface area contributed by atoms with E-state index in [1.54, 1.807) is 4.57 Å². The number of hydrogen-bond donors (Lipinski definition) is 2. The Balaban J connectivity index is 0.00000133. The van der Waals surface area contributed by atoms with Crippen molar-refractivity contribution < 1.29 is 19.0 Å². The van der Waals surface area contributed by atoms with Crippen LogP contribution in [0.4, 0.5) is 5.82 Å². The summed E-state index contributed by atoms with van der Waals surface area (Å²) in [5.74, 6) is 1.24. The van der Waals surface area contributed by atoms with Gasteiger partial charge in [-0.2, -0.15) is 0 Å². The molecule has 2 aromatic heterocycles. The number of ether oxygens (including phenoxy) is 3. The minimum absolute atomic E-state index is 0.0452. The summed E-state index contributed by atoms with van der Waals surface area (Å²) in [7, 11) is 0. The molecule has 1 atom stereocenters. The van der Waals surface area contributed by atoms with Gasteiger partial charge in [0.2, 0.25) is 6.79 Å². The molecule has 5 rings (SSSR count). The Labute approximate surface area is 202 Å². The van der Waals surface area contributed by atoms with Gasteiger partial charge < -0.3 is 30.2 Å². The van der Waals surface area contributed by atoms with E-state index in [1.807, 2.05) is 32.9 Å². The maximum absolute atomic E-state index is 12.6. The van der Waals surface area contributed by atoms with Crippen LogP contribution in [-0.4, -0.2) is 44.4 Å². The molecular weight excluding hydrogens is 456 g/mol. The van der Waals surface area contributed by atoms with Crippen molar-refractivity contribution in [1.82, 2.24) is 19.5 Å². The number of carbonyl (C=O) groups excluding carboxylic acids is 1. The molecule has 0 saturated heterocycles. The van der Waals surface area contributed by atoms with Crippen LogP contribution in [0.3, 0.4) is 0 Å². The predicted molar refractivity (Wildman–Crippen MR) is 129 cm³/mol. The van der Waals surface area contributed by atoms with E-state index in [0.717, 1.165) is 36.1 Å². The molecule has 3 heterocycles. The maximum Gasteiger partial charge on any atom is 0.325 e. The number of aryl methyl sites for hydroxylation is 1. The summed E-state index contributed by atoms with van der Waals surface area (Å²) in [5, 5.41) is 0.596. The average molecular weight is 487 g/mol. The number of nitrogen functional groups attached to an aromatic ring is 1. The van der Waals surface area contributed by atoms with Crippen LogP contribution >= 0.6 is 11.8 Å². The molecule has 1 aliphatic heterocycles. The third kappa shape index (κ3) is 4.90. The Morgan fingerprint density at radius 2 is 1.94 bits per heavy atom. The van der Waals surface area contributed by atoms with Crippen molar-refractivity contribution in [3.05, 3.63) is 24.0 Å². The third-order valence-corrected chi connectivity index (χ3v) is 6.82. The maximum atomic E-state index is 12.6. The monoisotopic (exact) mass is 486 g/mol. The van der Waals surface area contributed by atoms with Gasteiger partial charge in [-0.3, -0.25) is 4.79 Å². The minimum Gasteiger partial charge on any atom is -0.461 e. The van der Waals surface area contributed by atoms with Crippen LogP contribution in [0.1, 0.15) is 45.1 Å². The SMILES string of the molecule is CC.Cc1cc2c(cc1Sc1nc3c(N)ncnc3n1CC(N)C(=O)OC1CCCC1)OCO2. The number of carbonyl (C=O) groups is 1. The topological polar surface area (TPSA) is 140 Å². The molecular formula is C23H30N6O4S. The minimum atomic E-state index is -0.860. The lowest BCUT2D eigenvalue weighted by molar-refractivity contribution is -0.150. The molecule has 0 amide bonds. The summed E-state index contributed by atoms with van der Waals surface area (Å²) in [6.07, 6.45) is 5.26. The summed E-state index contributed by atoms with van der Waals surface area (Å²) < 4.78 is 18.4. The molecule has 2 aliphatic rings. The Kier molecular flexibility index (Phi) is 7.42. The zero-order valence-corrected chi connectivity index (χ0v) is 20.4. The number of benzene rings is 1. The van der Waals surface area contributed by atoms with Crippen molar-refractivity contribution >= 4 is 34.7 Å². The van der Waals surface area contributed by atoms with Crippen LogP contribution in [0.25, 0.3) is 11.2 Å². The molecule has 10 nitrogen and oxygen atoms in total. The highest BCUT2D eigenvalue weighted by molar-refractivity contribution is 7.99. The van der Waals surface area contributed by atoms with Gasteiger partial charge in [0.05, 0.1) is 6.54 Å². The number of nitrogens with two attached hydrogens (primary N) is 2. The second-order valence-electron chi connectivity index (χ2n) is 7.96. The average Bonchev–Trinajstić information content (AvgIpc) is 3.57. The molecule has 4 N–H and O–H groups in total. The molecule has 1 fully saturated rings. The van der Waals surface area contributed by atoms with Gasteiger partial charge in [0.25, 0.3) is 0 Å². The zero-order valence-electron chi connectivity index (χ0n) is 19.6. The Morgan fingerprint density at radius 3 is 2.68 bits per heavy atom. The van der Waals surface area contributed by atoms with Gasteiger partial charge in [-0.05, 0) is 50.3 Å². The van der Waals surface area contributed by atoms with Crippen molar-refractivity contribution in [2.75, 3.05) is 12.5 Å². The summed E-state index contributed by atoms with van der Waals surface area (Å²) in [6, 6.07) is 2.98. The number of rotatable bonds is 6. The van der Waals surface area contributed by atoms with Crippen LogP contribution in [0.2, 0.25) is 0 Å². The first-order valence-corrected chi connectivity index (χ1v) is 12.3. The number of nitrogens with zero attached hydrogens (tertiary/aromatic N) is 4. The fourth-order valence-corrected chi connectivity index (χ4v) is 4.93. The van der Waals surface area contributed by atoms with Crippen LogP contribution in [0, 0.1) is 6.92 Å². The van der Waals surface area contributed by atoms with Gasteiger partial charge in [0.1, 0.15) is 18.5 Å². The van der Waals surface area contributed by atoms with E-state index in [4.69, 9.17) is 25.7 Å². The lowest BCUT2D eigenvalue weighted by atomic mass is 10.2. The van der Waals surface area contributed by atoms with E-state index in [0.29, 0.717) is 27.8 Å². The largest absolute Gasteiger partial charge is 0.461 e. The van der Waals surface area contributed by atoms with E-state index < -0.39 is 12.0 Å². The number of esters is 1. The summed E-state index contributed by atoms with van der Waals surface area (Å²) in [5.41, 5.74) is 14.3. The van der Waals surface area contributed by atoms with Crippen molar-refractivity contribution in [2.45, 2.75) is 75.2 Å². The van der Waals surface area contributed by atoms with Crippen molar-refractivity contribution in [3.63, 3.8) is 0 Å². The molecule has 11 heteroatoms. The smallest absolute Gasteiger partial charge is 0.325 e. The quantitative estimate of drug-likeness (QED) is 0.498. The van der Waals surface area contributed by atoms with Gasteiger partial charge in [-0.1, -0.05) is 25.6 Å². The molecule has 0 spiro atoms.